The van der Waals surface area contributed by atoms with Gasteiger partial charge in [0.05, 0.1) is 0 Å². The second-order valence-corrected chi connectivity index (χ2v) is 8.18. The van der Waals surface area contributed by atoms with Crippen molar-refractivity contribution in [2.75, 3.05) is 13.6 Å². The van der Waals surface area contributed by atoms with Gasteiger partial charge in [0.25, 0.3) is 0 Å². The van der Waals surface area contributed by atoms with E-state index in [0.29, 0.717) is 29.8 Å². The summed E-state index contributed by atoms with van der Waals surface area (Å²) < 4.78 is 28.6. The van der Waals surface area contributed by atoms with E-state index in [-0.39, 0.29) is 6.04 Å². The van der Waals surface area contributed by atoms with Gasteiger partial charge in [0.1, 0.15) is 4.90 Å². The zero-order valence-corrected chi connectivity index (χ0v) is 13.5. The van der Waals surface area contributed by atoms with Gasteiger partial charge in [-0.2, -0.15) is 0 Å². The van der Waals surface area contributed by atoms with Gasteiger partial charge < -0.3 is 10.3 Å². The van der Waals surface area contributed by atoms with E-state index in [1.54, 1.807) is 19.3 Å². The van der Waals surface area contributed by atoms with E-state index < -0.39 is 10.0 Å². The van der Waals surface area contributed by atoms with Crippen LogP contribution in [0, 0.1) is 11.8 Å². The minimum absolute atomic E-state index is 0.200. The van der Waals surface area contributed by atoms with E-state index in [0.717, 1.165) is 12.1 Å². The molecule has 2 unspecified atom stereocenters. The topological polar surface area (TPSA) is 68.3 Å². The molecule has 1 aliphatic rings. The highest BCUT2D eigenvalue weighted by molar-refractivity contribution is 7.89. The van der Waals surface area contributed by atoms with E-state index in [1.165, 1.54) is 4.31 Å². The lowest BCUT2D eigenvalue weighted by Crippen LogP contribution is -2.29. The summed E-state index contributed by atoms with van der Waals surface area (Å²) in [6, 6.07) is 1.90. The van der Waals surface area contributed by atoms with Crippen LogP contribution in [0.15, 0.2) is 17.2 Å². The fraction of sp³-hybridized carbons (Fsp3) is 0.714. The third kappa shape index (κ3) is 2.92. The molecule has 2 atom stereocenters. The van der Waals surface area contributed by atoms with E-state index in [1.807, 2.05) is 18.4 Å². The summed E-state index contributed by atoms with van der Waals surface area (Å²) >= 11 is 0. The third-order valence-corrected chi connectivity index (χ3v) is 5.94. The molecule has 2 N–H and O–H groups in total. The van der Waals surface area contributed by atoms with Gasteiger partial charge in [-0.3, -0.25) is 0 Å². The molecule has 0 aliphatic heterocycles. The van der Waals surface area contributed by atoms with E-state index in [2.05, 4.69) is 6.92 Å². The Kier molecular flexibility index (Phi) is 4.27. The zero-order chi connectivity index (χ0) is 15.1. The van der Waals surface area contributed by atoms with Crippen LogP contribution in [-0.2, 0) is 16.6 Å². The monoisotopic (exact) mass is 299 g/mol. The van der Waals surface area contributed by atoms with Crippen molar-refractivity contribution in [1.82, 2.24) is 8.87 Å². The molecule has 0 spiro atoms. The maximum Gasteiger partial charge on any atom is 0.244 e. The number of nitrogens with zero attached hydrogens (tertiary/aromatic N) is 2. The molecule has 1 heterocycles. The van der Waals surface area contributed by atoms with E-state index in [9.17, 15) is 8.42 Å². The van der Waals surface area contributed by atoms with Crippen molar-refractivity contribution in [1.29, 1.82) is 0 Å². The lowest BCUT2D eigenvalue weighted by Gasteiger charge is -2.16. The minimum atomic E-state index is -3.41. The maximum atomic E-state index is 12.6. The Balaban J connectivity index is 2.24. The first-order valence-corrected chi connectivity index (χ1v) is 8.58. The lowest BCUT2D eigenvalue weighted by atomic mass is 10.3. The van der Waals surface area contributed by atoms with Crippen LogP contribution < -0.4 is 5.73 Å². The second-order valence-electron chi connectivity index (χ2n) is 6.13. The predicted molar refractivity (Wildman–Crippen MR) is 79.8 cm³/mol. The molecule has 6 heteroatoms. The molecular weight excluding hydrogens is 274 g/mol. The van der Waals surface area contributed by atoms with Crippen molar-refractivity contribution < 1.29 is 8.42 Å². The van der Waals surface area contributed by atoms with Gasteiger partial charge in [-0.15, -0.1) is 0 Å². The first kappa shape index (κ1) is 15.5. The molecule has 20 heavy (non-hydrogen) atoms. The lowest BCUT2D eigenvalue weighted by molar-refractivity contribution is 0.444. The van der Waals surface area contributed by atoms with Gasteiger partial charge in [-0.1, -0.05) is 6.92 Å². The Morgan fingerprint density at radius 2 is 2.10 bits per heavy atom. The van der Waals surface area contributed by atoms with Gasteiger partial charge in [-0.25, -0.2) is 12.7 Å². The Labute approximate surface area is 121 Å². The summed E-state index contributed by atoms with van der Waals surface area (Å²) in [7, 11) is -1.74. The zero-order valence-electron chi connectivity index (χ0n) is 12.7. The normalized spacial score (nSPS) is 22.8. The highest BCUT2D eigenvalue weighted by atomic mass is 32.2. The summed E-state index contributed by atoms with van der Waals surface area (Å²) in [5.41, 5.74) is 6.55. The molecule has 1 aliphatic carbocycles. The standard InChI is InChI=1S/C14H25N3O2S/c1-10(2)17-9-14(6-13(17)7-15)20(18,19)16(4)8-12-5-11(12)3/h6,9-12H,5,7-8,15H2,1-4H3. The maximum absolute atomic E-state index is 12.6. The quantitative estimate of drug-likeness (QED) is 0.871. The molecule has 5 nitrogen and oxygen atoms in total. The highest BCUT2D eigenvalue weighted by Crippen LogP contribution is 2.38. The molecule has 1 saturated carbocycles. The summed E-state index contributed by atoms with van der Waals surface area (Å²) in [5, 5.41) is 0. The Morgan fingerprint density at radius 3 is 2.50 bits per heavy atom. The fourth-order valence-corrected chi connectivity index (χ4v) is 3.82. The number of sulfonamides is 1. The largest absolute Gasteiger partial charge is 0.346 e. The molecule has 0 aromatic carbocycles. The van der Waals surface area contributed by atoms with Gasteiger partial charge in [0.15, 0.2) is 0 Å². The van der Waals surface area contributed by atoms with Gasteiger partial charge in [0, 0.05) is 38.1 Å². The van der Waals surface area contributed by atoms with Crippen molar-refractivity contribution in [2.24, 2.45) is 17.6 Å². The van der Waals surface area contributed by atoms with E-state index in [4.69, 9.17) is 5.73 Å². The van der Waals surface area contributed by atoms with Crippen molar-refractivity contribution in [3.8, 4) is 0 Å². The average molecular weight is 299 g/mol. The molecule has 0 radical (unpaired) electrons. The predicted octanol–water partition coefficient (Wildman–Crippen LogP) is 1.80. The molecule has 0 amide bonds. The van der Waals surface area contributed by atoms with Crippen molar-refractivity contribution in [3.63, 3.8) is 0 Å². The molecule has 1 aromatic rings. The Hall–Kier alpha value is -0.850. The summed E-state index contributed by atoms with van der Waals surface area (Å²) in [6.45, 7) is 7.15. The van der Waals surface area contributed by atoms with Crippen LogP contribution in [0.3, 0.4) is 0 Å². The van der Waals surface area contributed by atoms with Crippen LogP contribution in [0.4, 0.5) is 0 Å². The van der Waals surface area contributed by atoms with Crippen LogP contribution in [0.1, 0.15) is 38.9 Å². The highest BCUT2D eigenvalue weighted by Gasteiger charge is 2.36. The molecule has 0 bridgehead atoms. The van der Waals surface area contributed by atoms with Gasteiger partial charge in [-0.05, 0) is 38.2 Å². The molecule has 1 aromatic heterocycles. The van der Waals surface area contributed by atoms with Crippen LogP contribution in [0.25, 0.3) is 0 Å². The molecule has 2 rings (SSSR count). The molecular formula is C14H25N3O2S. The van der Waals surface area contributed by atoms with Crippen LogP contribution in [0.2, 0.25) is 0 Å². The van der Waals surface area contributed by atoms with Crippen LogP contribution in [-0.4, -0.2) is 30.9 Å². The number of hydrogen-bond acceptors (Lipinski definition) is 3. The first-order valence-electron chi connectivity index (χ1n) is 7.14. The van der Waals surface area contributed by atoms with Crippen LogP contribution in [0.5, 0.6) is 0 Å². The summed E-state index contributed by atoms with van der Waals surface area (Å²) in [6.07, 6.45) is 2.83. The van der Waals surface area contributed by atoms with Crippen LogP contribution >= 0.6 is 0 Å². The second kappa shape index (κ2) is 5.50. The third-order valence-electron chi connectivity index (χ3n) is 4.15. The summed E-state index contributed by atoms with van der Waals surface area (Å²) in [5.74, 6) is 1.16. The van der Waals surface area contributed by atoms with Gasteiger partial charge in [0.2, 0.25) is 10.0 Å². The molecule has 0 saturated heterocycles. The van der Waals surface area contributed by atoms with Gasteiger partial charge >= 0.3 is 0 Å². The Bertz CT molecular complexity index is 577. The van der Waals surface area contributed by atoms with Crippen molar-refractivity contribution >= 4 is 10.0 Å². The SMILES string of the molecule is CC1CC1CN(C)S(=O)(=O)c1cc(CN)n(C(C)C)c1. The number of hydrogen-bond donors (Lipinski definition) is 1. The number of rotatable bonds is 6. The molecule has 114 valence electrons. The van der Waals surface area contributed by atoms with Crippen molar-refractivity contribution in [3.05, 3.63) is 18.0 Å². The smallest absolute Gasteiger partial charge is 0.244 e. The Morgan fingerprint density at radius 1 is 1.50 bits per heavy atom. The number of aromatic nitrogens is 1. The molecule has 1 fully saturated rings. The first-order chi connectivity index (χ1) is 9.27. The fourth-order valence-electron chi connectivity index (χ4n) is 2.54. The van der Waals surface area contributed by atoms with E-state index >= 15 is 0 Å². The average Bonchev–Trinajstić information content (AvgIpc) is 2.92. The van der Waals surface area contributed by atoms with Crippen molar-refractivity contribution in [2.45, 2.75) is 44.7 Å². The summed E-state index contributed by atoms with van der Waals surface area (Å²) in [4.78, 5) is 0.349. The minimum Gasteiger partial charge on any atom is -0.346 e. The number of nitrogens with two attached hydrogens (primary N) is 1.